The maximum absolute atomic E-state index is 12.1. The molecule has 0 amide bonds. The number of hydrogen-bond donors (Lipinski definition) is 1. The lowest BCUT2D eigenvalue weighted by atomic mass is 9.72. The Bertz CT molecular complexity index is 360. The predicted molar refractivity (Wildman–Crippen MR) is 70.1 cm³/mol. The van der Waals surface area contributed by atoms with E-state index in [2.05, 4.69) is 5.32 Å². The molecule has 0 aromatic heterocycles. The van der Waals surface area contributed by atoms with Crippen LogP contribution in [0.15, 0.2) is 0 Å². The highest BCUT2D eigenvalue weighted by atomic mass is 16.6. The van der Waals surface area contributed by atoms with Gasteiger partial charge in [-0.2, -0.15) is 0 Å². The molecule has 2 saturated carbocycles. The van der Waals surface area contributed by atoms with Gasteiger partial charge in [0.1, 0.15) is 11.6 Å². The van der Waals surface area contributed by atoms with E-state index in [-0.39, 0.29) is 17.6 Å². The Labute approximate surface area is 110 Å². The second kappa shape index (κ2) is 3.96. The van der Waals surface area contributed by atoms with E-state index < -0.39 is 0 Å². The van der Waals surface area contributed by atoms with Crippen LogP contribution >= 0.6 is 0 Å². The van der Waals surface area contributed by atoms with Gasteiger partial charge in [0.05, 0.1) is 0 Å². The van der Waals surface area contributed by atoms with Crippen molar-refractivity contribution in [3.05, 3.63) is 0 Å². The molecule has 1 aliphatic heterocycles. The topological polar surface area (TPSA) is 38.3 Å². The van der Waals surface area contributed by atoms with Gasteiger partial charge in [-0.1, -0.05) is 6.42 Å². The van der Waals surface area contributed by atoms with Crippen molar-refractivity contribution in [2.75, 3.05) is 6.54 Å². The quantitative estimate of drug-likeness (QED) is 0.728. The van der Waals surface area contributed by atoms with E-state index in [1.807, 2.05) is 20.8 Å². The number of fused-ring (bicyclic) bond motifs is 3. The van der Waals surface area contributed by atoms with Gasteiger partial charge in [0.25, 0.3) is 0 Å². The highest BCUT2D eigenvalue weighted by Crippen LogP contribution is 2.59. The second-order valence-electron chi connectivity index (χ2n) is 7.61. The first-order chi connectivity index (χ1) is 8.38. The van der Waals surface area contributed by atoms with Gasteiger partial charge >= 0.3 is 5.97 Å². The SMILES string of the molecule is CC(C)(C)OC(=O)C1CC2(CN1)CC1CCC2C1. The van der Waals surface area contributed by atoms with Crippen LogP contribution in [0.25, 0.3) is 0 Å². The molecule has 102 valence electrons. The Hall–Kier alpha value is -0.570. The van der Waals surface area contributed by atoms with Crippen LogP contribution in [-0.2, 0) is 9.53 Å². The second-order valence-corrected chi connectivity index (χ2v) is 7.61. The summed E-state index contributed by atoms with van der Waals surface area (Å²) in [4.78, 5) is 12.1. The van der Waals surface area contributed by atoms with E-state index in [0.29, 0.717) is 5.41 Å². The van der Waals surface area contributed by atoms with Crippen molar-refractivity contribution in [1.82, 2.24) is 5.32 Å². The average Bonchev–Trinajstić information content (AvgIpc) is 2.90. The van der Waals surface area contributed by atoms with E-state index in [9.17, 15) is 4.79 Å². The zero-order valence-electron chi connectivity index (χ0n) is 11.8. The van der Waals surface area contributed by atoms with Gasteiger partial charge in [-0.15, -0.1) is 0 Å². The summed E-state index contributed by atoms with van der Waals surface area (Å²) in [6.07, 6.45) is 6.55. The van der Waals surface area contributed by atoms with Gasteiger partial charge in [0, 0.05) is 6.54 Å². The fourth-order valence-electron chi connectivity index (χ4n) is 4.44. The fourth-order valence-corrected chi connectivity index (χ4v) is 4.44. The molecule has 3 aliphatic rings. The first-order valence-electron chi connectivity index (χ1n) is 7.34. The zero-order valence-corrected chi connectivity index (χ0v) is 11.8. The van der Waals surface area contributed by atoms with Crippen molar-refractivity contribution in [3.8, 4) is 0 Å². The minimum Gasteiger partial charge on any atom is -0.459 e. The molecule has 0 aromatic rings. The van der Waals surface area contributed by atoms with Crippen molar-refractivity contribution in [3.63, 3.8) is 0 Å². The predicted octanol–water partition coefficient (Wildman–Crippen LogP) is 2.50. The normalized spacial score (nSPS) is 42.7. The standard InChI is InChI=1S/C15H25NO2/c1-14(2,3)18-13(17)12-8-15(9-16-12)7-10-4-5-11(15)6-10/h10-12,16H,4-9H2,1-3H3. The van der Waals surface area contributed by atoms with Crippen LogP contribution < -0.4 is 5.32 Å². The van der Waals surface area contributed by atoms with Crippen molar-refractivity contribution < 1.29 is 9.53 Å². The van der Waals surface area contributed by atoms with Gasteiger partial charge in [-0.3, -0.25) is 4.79 Å². The van der Waals surface area contributed by atoms with E-state index in [4.69, 9.17) is 4.74 Å². The van der Waals surface area contributed by atoms with Crippen molar-refractivity contribution >= 4 is 5.97 Å². The van der Waals surface area contributed by atoms with E-state index >= 15 is 0 Å². The molecule has 3 rings (SSSR count). The number of rotatable bonds is 1. The molecule has 0 radical (unpaired) electrons. The summed E-state index contributed by atoms with van der Waals surface area (Å²) in [7, 11) is 0. The molecule has 4 atom stereocenters. The third-order valence-corrected chi connectivity index (χ3v) is 5.10. The first-order valence-corrected chi connectivity index (χ1v) is 7.34. The summed E-state index contributed by atoms with van der Waals surface area (Å²) in [6, 6.07) is -0.0661. The smallest absolute Gasteiger partial charge is 0.323 e. The Kier molecular flexibility index (Phi) is 2.74. The molecular formula is C15H25NO2. The van der Waals surface area contributed by atoms with Crippen LogP contribution in [0, 0.1) is 17.3 Å². The summed E-state index contributed by atoms with van der Waals surface area (Å²) < 4.78 is 5.50. The van der Waals surface area contributed by atoms with Gasteiger partial charge in [-0.05, 0) is 63.7 Å². The number of nitrogens with one attached hydrogen (secondary N) is 1. The summed E-state index contributed by atoms with van der Waals surface area (Å²) in [5, 5.41) is 3.42. The lowest BCUT2D eigenvalue weighted by molar-refractivity contribution is -0.157. The molecule has 3 nitrogen and oxygen atoms in total. The van der Waals surface area contributed by atoms with Gasteiger partial charge < -0.3 is 10.1 Å². The van der Waals surface area contributed by atoms with Crippen molar-refractivity contribution in [2.45, 2.75) is 64.5 Å². The zero-order chi connectivity index (χ0) is 13.0. The number of ether oxygens (including phenoxy) is 1. The number of carbonyl (C=O) groups is 1. The van der Waals surface area contributed by atoms with Gasteiger partial charge in [-0.25, -0.2) is 0 Å². The van der Waals surface area contributed by atoms with Crippen LogP contribution in [0.2, 0.25) is 0 Å². The maximum atomic E-state index is 12.1. The molecule has 1 N–H and O–H groups in total. The summed E-state index contributed by atoms with van der Waals surface area (Å²) in [5.74, 6) is 1.75. The first kappa shape index (κ1) is 12.5. The molecule has 18 heavy (non-hydrogen) atoms. The Balaban J connectivity index is 1.64. The average molecular weight is 251 g/mol. The number of carbonyl (C=O) groups excluding carboxylic acids is 1. The molecule has 3 fully saturated rings. The van der Waals surface area contributed by atoms with Crippen LogP contribution in [-0.4, -0.2) is 24.2 Å². The summed E-state index contributed by atoms with van der Waals surface area (Å²) >= 11 is 0. The van der Waals surface area contributed by atoms with Crippen LogP contribution in [0.3, 0.4) is 0 Å². The minimum absolute atomic E-state index is 0.0536. The minimum atomic E-state index is -0.372. The lowest BCUT2D eigenvalue weighted by Gasteiger charge is -2.33. The molecule has 3 heteroatoms. The van der Waals surface area contributed by atoms with Crippen LogP contribution in [0.1, 0.15) is 52.9 Å². The highest BCUT2D eigenvalue weighted by Gasteiger charge is 2.55. The molecule has 2 bridgehead atoms. The number of esters is 1. The van der Waals surface area contributed by atoms with Crippen molar-refractivity contribution in [2.24, 2.45) is 17.3 Å². The Morgan fingerprint density at radius 3 is 2.61 bits per heavy atom. The maximum Gasteiger partial charge on any atom is 0.323 e. The molecule has 0 aromatic carbocycles. The van der Waals surface area contributed by atoms with Crippen LogP contribution in [0.5, 0.6) is 0 Å². The third-order valence-electron chi connectivity index (χ3n) is 5.10. The van der Waals surface area contributed by atoms with Crippen molar-refractivity contribution in [1.29, 1.82) is 0 Å². The highest BCUT2D eigenvalue weighted by molar-refractivity contribution is 5.76. The summed E-state index contributed by atoms with van der Waals surface area (Å²) in [6.45, 7) is 6.84. The third kappa shape index (κ3) is 2.07. The molecule has 2 aliphatic carbocycles. The van der Waals surface area contributed by atoms with Crippen LogP contribution in [0.4, 0.5) is 0 Å². The molecule has 1 spiro atoms. The summed E-state index contributed by atoms with van der Waals surface area (Å²) in [5.41, 5.74) is 0.0493. The molecule has 1 saturated heterocycles. The largest absolute Gasteiger partial charge is 0.459 e. The molecule has 4 unspecified atom stereocenters. The Morgan fingerprint density at radius 2 is 2.06 bits per heavy atom. The molecular weight excluding hydrogens is 226 g/mol. The Morgan fingerprint density at radius 1 is 1.28 bits per heavy atom. The number of hydrogen-bond acceptors (Lipinski definition) is 3. The fraction of sp³-hybridized carbons (Fsp3) is 0.933. The van der Waals surface area contributed by atoms with E-state index in [1.165, 1.54) is 25.7 Å². The molecule has 1 heterocycles. The lowest BCUT2D eigenvalue weighted by Crippen LogP contribution is -2.37. The van der Waals surface area contributed by atoms with Gasteiger partial charge in [0.15, 0.2) is 0 Å². The van der Waals surface area contributed by atoms with E-state index in [0.717, 1.165) is 24.8 Å². The van der Waals surface area contributed by atoms with E-state index in [1.54, 1.807) is 0 Å². The monoisotopic (exact) mass is 251 g/mol. The van der Waals surface area contributed by atoms with Gasteiger partial charge in [0.2, 0.25) is 0 Å².